The molecule has 5 nitrogen and oxygen atoms in total. The van der Waals surface area contributed by atoms with E-state index in [1.165, 1.54) is 12.1 Å². The Bertz CT molecular complexity index is 911. The largest absolute Gasteiger partial charge is 0.444 e. The van der Waals surface area contributed by atoms with Gasteiger partial charge in [-0.05, 0) is 36.2 Å². The van der Waals surface area contributed by atoms with Gasteiger partial charge in [-0.2, -0.15) is 0 Å². The summed E-state index contributed by atoms with van der Waals surface area (Å²) < 4.78 is 18.6. The second-order valence-corrected chi connectivity index (χ2v) is 6.26. The Labute approximate surface area is 162 Å². The molecule has 27 heavy (non-hydrogen) atoms. The Balaban J connectivity index is 1.49. The number of halogens is 2. The quantitative estimate of drug-likeness (QED) is 0.495. The van der Waals surface area contributed by atoms with Crippen LogP contribution in [0.5, 0.6) is 0 Å². The number of hydrogen-bond acceptors (Lipinski definition) is 3. The van der Waals surface area contributed by atoms with Crippen molar-refractivity contribution in [2.75, 3.05) is 13.6 Å². The molecule has 0 saturated carbocycles. The zero-order chi connectivity index (χ0) is 19.1. The lowest BCUT2D eigenvalue weighted by atomic mass is 10.1. The summed E-state index contributed by atoms with van der Waals surface area (Å²) >= 11 is 6.04. The van der Waals surface area contributed by atoms with Gasteiger partial charge in [0.15, 0.2) is 5.96 Å². The first-order valence-corrected chi connectivity index (χ1v) is 8.92. The van der Waals surface area contributed by atoms with Crippen molar-refractivity contribution in [3.63, 3.8) is 0 Å². The van der Waals surface area contributed by atoms with Gasteiger partial charge in [-0.15, -0.1) is 0 Å². The highest BCUT2D eigenvalue weighted by Crippen LogP contribution is 2.18. The van der Waals surface area contributed by atoms with Gasteiger partial charge >= 0.3 is 0 Å². The molecular weight excluding hydrogens is 367 g/mol. The summed E-state index contributed by atoms with van der Waals surface area (Å²) in [6, 6.07) is 14.1. The first-order chi connectivity index (χ1) is 13.2. The van der Waals surface area contributed by atoms with E-state index >= 15 is 0 Å². The number of aromatic nitrogens is 1. The van der Waals surface area contributed by atoms with Crippen LogP contribution in [0, 0.1) is 5.82 Å². The molecule has 0 atom stereocenters. The number of benzene rings is 2. The molecule has 0 aliphatic carbocycles. The monoisotopic (exact) mass is 386 g/mol. The van der Waals surface area contributed by atoms with Crippen molar-refractivity contribution in [2.45, 2.75) is 13.0 Å². The van der Waals surface area contributed by atoms with Gasteiger partial charge < -0.3 is 15.1 Å². The lowest BCUT2D eigenvalue weighted by Gasteiger charge is -2.11. The summed E-state index contributed by atoms with van der Waals surface area (Å²) in [5, 5.41) is 6.81. The lowest BCUT2D eigenvalue weighted by molar-refractivity contribution is 0.572. The van der Waals surface area contributed by atoms with Crippen LogP contribution in [0.4, 0.5) is 4.39 Å². The summed E-state index contributed by atoms with van der Waals surface area (Å²) in [6.45, 7) is 1.09. The second kappa shape index (κ2) is 9.19. The van der Waals surface area contributed by atoms with Crippen molar-refractivity contribution >= 4 is 17.6 Å². The zero-order valence-corrected chi connectivity index (χ0v) is 15.6. The van der Waals surface area contributed by atoms with Gasteiger partial charge in [-0.1, -0.05) is 35.9 Å². The molecule has 0 unspecified atom stereocenters. The minimum Gasteiger partial charge on any atom is -0.444 e. The average Bonchev–Trinajstić information content (AvgIpc) is 3.16. The highest BCUT2D eigenvalue weighted by molar-refractivity contribution is 6.31. The van der Waals surface area contributed by atoms with Gasteiger partial charge in [-0.3, -0.25) is 4.99 Å². The van der Waals surface area contributed by atoms with Crippen LogP contribution in [0.15, 0.2) is 64.2 Å². The Morgan fingerprint density at radius 3 is 2.74 bits per heavy atom. The van der Waals surface area contributed by atoms with Gasteiger partial charge in [0, 0.05) is 24.2 Å². The molecule has 0 bridgehead atoms. The van der Waals surface area contributed by atoms with E-state index in [9.17, 15) is 4.39 Å². The smallest absolute Gasteiger partial charge is 0.226 e. The molecule has 0 aliphatic heterocycles. The van der Waals surface area contributed by atoms with Crippen LogP contribution in [-0.4, -0.2) is 24.5 Å². The lowest BCUT2D eigenvalue weighted by Crippen LogP contribution is -2.37. The molecule has 2 aromatic carbocycles. The Morgan fingerprint density at radius 1 is 1.19 bits per heavy atom. The Kier molecular flexibility index (Phi) is 6.44. The van der Waals surface area contributed by atoms with Crippen LogP contribution in [0.2, 0.25) is 5.02 Å². The van der Waals surface area contributed by atoms with Gasteiger partial charge in [0.2, 0.25) is 5.89 Å². The fourth-order valence-electron chi connectivity index (χ4n) is 2.54. The Hall–Kier alpha value is -2.86. The molecule has 1 aromatic heterocycles. The van der Waals surface area contributed by atoms with E-state index in [-0.39, 0.29) is 5.82 Å². The molecule has 0 saturated heterocycles. The number of nitrogens with one attached hydrogen (secondary N) is 2. The van der Waals surface area contributed by atoms with E-state index in [2.05, 4.69) is 20.6 Å². The fourth-order valence-corrected chi connectivity index (χ4v) is 2.80. The SMILES string of the molecule is CN=C(NCCc1ccc(F)cc1Cl)NCc1coc(-c2ccccc2)n1. The highest BCUT2D eigenvalue weighted by atomic mass is 35.5. The summed E-state index contributed by atoms with van der Waals surface area (Å²) in [5.41, 5.74) is 2.59. The van der Waals surface area contributed by atoms with Crippen molar-refractivity contribution in [2.24, 2.45) is 4.99 Å². The maximum absolute atomic E-state index is 13.1. The summed E-state index contributed by atoms with van der Waals surface area (Å²) in [6.07, 6.45) is 2.28. The minimum atomic E-state index is -0.336. The van der Waals surface area contributed by atoms with E-state index in [0.29, 0.717) is 36.4 Å². The molecule has 1 heterocycles. The van der Waals surface area contributed by atoms with E-state index in [1.54, 1.807) is 19.4 Å². The van der Waals surface area contributed by atoms with Gasteiger partial charge in [0.05, 0.1) is 12.2 Å². The average molecular weight is 387 g/mol. The molecule has 0 amide bonds. The van der Waals surface area contributed by atoms with Crippen LogP contribution in [0.25, 0.3) is 11.5 Å². The molecule has 7 heteroatoms. The maximum Gasteiger partial charge on any atom is 0.226 e. The minimum absolute atomic E-state index is 0.336. The predicted octanol–water partition coefficient (Wildman–Crippen LogP) is 4.04. The van der Waals surface area contributed by atoms with Crippen LogP contribution < -0.4 is 10.6 Å². The van der Waals surface area contributed by atoms with Crippen LogP contribution in [0.1, 0.15) is 11.3 Å². The molecule has 140 valence electrons. The summed E-state index contributed by atoms with van der Waals surface area (Å²) in [7, 11) is 1.69. The Morgan fingerprint density at radius 2 is 2.00 bits per heavy atom. The third kappa shape index (κ3) is 5.31. The van der Waals surface area contributed by atoms with Gasteiger partial charge in [-0.25, -0.2) is 9.37 Å². The van der Waals surface area contributed by atoms with E-state index < -0.39 is 0 Å². The maximum atomic E-state index is 13.1. The van der Waals surface area contributed by atoms with Crippen molar-refractivity contribution in [1.29, 1.82) is 0 Å². The molecule has 0 spiro atoms. The normalized spacial score (nSPS) is 11.4. The van der Waals surface area contributed by atoms with E-state index in [4.69, 9.17) is 16.0 Å². The molecule has 3 rings (SSSR count). The van der Waals surface area contributed by atoms with Crippen LogP contribution in [0.3, 0.4) is 0 Å². The van der Waals surface area contributed by atoms with Crippen LogP contribution >= 0.6 is 11.6 Å². The standard InChI is InChI=1S/C20H20ClFN4O/c1-23-20(24-10-9-14-7-8-16(22)11-18(14)21)25-12-17-13-27-19(26-17)15-5-3-2-4-6-15/h2-8,11,13H,9-10,12H2,1H3,(H2,23,24,25). The zero-order valence-electron chi connectivity index (χ0n) is 14.9. The topological polar surface area (TPSA) is 62.5 Å². The first-order valence-electron chi connectivity index (χ1n) is 8.54. The first kappa shape index (κ1) is 18.9. The number of hydrogen-bond donors (Lipinski definition) is 2. The van der Waals surface area contributed by atoms with Crippen LogP contribution in [-0.2, 0) is 13.0 Å². The molecule has 2 N–H and O–H groups in total. The second-order valence-electron chi connectivity index (χ2n) is 5.85. The number of rotatable bonds is 6. The molecule has 0 fully saturated rings. The van der Waals surface area contributed by atoms with Crippen molar-refractivity contribution < 1.29 is 8.81 Å². The predicted molar refractivity (Wildman–Crippen MR) is 105 cm³/mol. The number of guanidine groups is 1. The third-order valence-corrected chi connectivity index (χ3v) is 4.29. The molecular formula is C20H20ClFN4O. The molecule has 0 radical (unpaired) electrons. The third-order valence-electron chi connectivity index (χ3n) is 3.93. The van der Waals surface area contributed by atoms with Gasteiger partial charge in [0.1, 0.15) is 12.1 Å². The fraction of sp³-hybridized carbons (Fsp3) is 0.200. The van der Waals surface area contributed by atoms with E-state index in [0.717, 1.165) is 16.8 Å². The molecule has 0 aliphatic rings. The highest BCUT2D eigenvalue weighted by Gasteiger charge is 2.07. The van der Waals surface area contributed by atoms with Crippen molar-refractivity contribution in [1.82, 2.24) is 15.6 Å². The summed E-state index contributed by atoms with van der Waals surface area (Å²) in [5.74, 6) is 0.885. The number of oxazole rings is 1. The van der Waals surface area contributed by atoms with Crippen molar-refractivity contribution in [3.05, 3.63) is 76.9 Å². The number of aliphatic imine (C=N–C) groups is 1. The molecule has 3 aromatic rings. The number of nitrogens with zero attached hydrogens (tertiary/aromatic N) is 2. The van der Waals surface area contributed by atoms with E-state index in [1.807, 2.05) is 30.3 Å². The summed E-state index contributed by atoms with van der Waals surface area (Å²) in [4.78, 5) is 8.65. The van der Waals surface area contributed by atoms with Gasteiger partial charge in [0.25, 0.3) is 0 Å². The van der Waals surface area contributed by atoms with Crippen molar-refractivity contribution in [3.8, 4) is 11.5 Å².